The summed E-state index contributed by atoms with van der Waals surface area (Å²) in [5.41, 5.74) is 10.7. The molecule has 0 unspecified atom stereocenters. The minimum absolute atomic E-state index is 0. The van der Waals surface area contributed by atoms with Crippen LogP contribution in [0.2, 0.25) is 0 Å². The summed E-state index contributed by atoms with van der Waals surface area (Å²) < 4.78 is 1.10. The van der Waals surface area contributed by atoms with Gasteiger partial charge in [0, 0.05) is 70.6 Å². The van der Waals surface area contributed by atoms with Crippen molar-refractivity contribution in [1.82, 2.24) is 0 Å². The first-order chi connectivity index (χ1) is 6.63. The fourth-order valence-corrected chi connectivity index (χ4v) is 2.50. The van der Waals surface area contributed by atoms with E-state index >= 15 is 0 Å². The van der Waals surface area contributed by atoms with Crippen molar-refractivity contribution < 1.29 is 0 Å². The summed E-state index contributed by atoms with van der Waals surface area (Å²) in [6.45, 7) is 0. The van der Waals surface area contributed by atoms with E-state index in [2.05, 4.69) is 0 Å². The van der Waals surface area contributed by atoms with Gasteiger partial charge in [-0.2, -0.15) is 0 Å². The molecule has 0 amide bonds. The van der Waals surface area contributed by atoms with Crippen molar-refractivity contribution in [2.75, 3.05) is 11.5 Å². The maximum Gasteiger partial charge on any atom is 0.131 e. The van der Waals surface area contributed by atoms with Gasteiger partial charge in [-0.25, -0.2) is 0 Å². The molecule has 0 saturated carbocycles. The standard InChI is InChI=1S/C8H16N2S4.2Na/c9-7(11)13-5-3-1-2-4-6-14-8(10)12;;/h1-6H2,(H2,9,11)(H2,10,12);;. The van der Waals surface area contributed by atoms with Crippen LogP contribution in [0.5, 0.6) is 0 Å². The molecule has 0 heterocycles. The van der Waals surface area contributed by atoms with Gasteiger partial charge in [-0.15, -0.1) is 0 Å². The third-order valence-corrected chi connectivity index (χ3v) is 3.79. The maximum atomic E-state index is 5.35. The summed E-state index contributed by atoms with van der Waals surface area (Å²) in [5, 5.41) is 0. The zero-order valence-corrected chi connectivity index (χ0v) is 17.3. The Labute approximate surface area is 162 Å². The third kappa shape index (κ3) is 21.7. The molecule has 8 heteroatoms. The number of hydrogen-bond acceptors (Lipinski definition) is 4. The van der Waals surface area contributed by atoms with E-state index in [1.807, 2.05) is 0 Å². The van der Waals surface area contributed by atoms with Gasteiger partial charge in [-0.1, -0.05) is 60.8 Å². The minimum atomic E-state index is 0. The van der Waals surface area contributed by atoms with Gasteiger partial charge in [0.2, 0.25) is 0 Å². The molecule has 0 spiro atoms. The molecular weight excluding hydrogens is 298 g/mol. The van der Waals surface area contributed by atoms with Crippen LogP contribution in [-0.4, -0.2) is 79.3 Å². The normalized spacial score (nSPS) is 8.75. The molecule has 0 aromatic rings. The SMILES string of the molecule is NC(=S)SCCCCCCSC(N)=S.[Na].[Na]. The zero-order chi connectivity index (χ0) is 10.8. The van der Waals surface area contributed by atoms with Gasteiger partial charge in [0.1, 0.15) is 8.64 Å². The second kappa shape index (κ2) is 17.5. The Bertz CT molecular complexity index is 173. The van der Waals surface area contributed by atoms with Gasteiger partial charge in [-0.05, 0) is 12.8 Å². The first-order valence-corrected chi connectivity index (χ1v) is 7.26. The molecule has 0 fully saturated rings. The molecule has 0 rings (SSSR count). The molecule has 0 bridgehead atoms. The molecule has 4 N–H and O–H groups in total. The summed E-state index contributed by atoms with van der Waals surface area (Å²) in [6.07, 6.45) is 4.82. The molecule has 0 aromatic heterocycles. The van der Waals surface area contributed by atoms with Crippen LogP contribution in [0.1, 0.15) is 25.7 Å². The molecule has 0 aliphatic heterocycles. The first-order valence-electron chi connectivity index (χ1n) is 4.47. The average molecular weight is 314 g/mol. The van der Waals surface area contributed by atoms with Gasteiger partial charge < -0.3 is 11.5 Å². The van der Waals surface area contributed by atoms with Crippen molar-refractivity contribution >= 4 is 116 Å². The Morgan fingerprint density at radius 3 is 1.31 bits per heavy atom. The van der Waals surface area contributed by atoms with Crippen molar-refractivity contribution in [2.45, 2.75) is 25.7 Å². The number of nitrogens with two attached hydrogens (primary N) is 2. The Morgan fingerprint density at radius 2 is 1.06 bits per heavy atom. The van der Waals surface area contributed by atoms with Crippen LogP contribution in [-0.2, 0) is 0 Å². The predicted octanol–water partition coefficient (Wildman–Crippen LogP) is 1.74. The Morgan fingerprint density at radius 1 is 0.750 bits per heavy atom. The molecule has 0 saturated heterocycles. The quantitative estimate of drug-likeness (QED) is 0.424. The van der Waals surface area contributed by atoms with Crippen molar-refractivity contribution in [3.63, 3.8) is 0 Å². The summed E-state index contributed by atoms with van der Waals surface area (Å²) in [7, 11) is 0. The minimum Gasteiger partial charge on any atom is -0.385 e. The molecule has 0 aliphatic carbocycles. The maximum absolute atomic E-state index is 5.35. The van der Waals surface area contributed by atoms with Crippen LogP contribution in [0.3, 0.4) is 0 Å². The number of rotatable bonds is 7. The second-order valence-electron chi connectivity index (χ2n) is 2.75. The average Bonchev–Trinajstić information content (AvgIpc) is 2.08. The van der Waals surface area contributed by atoms with Crippen molar-refractivity contribution in [3.05, 3.63) is 0 Å². The molecule has 0 atom stereocenters. The smallest absolute Gasteiger partial charge is 0.131 e. The van der Waals surface area contributed by atoms with Crippen molar-refractivity contribution in [1.29, 1.82) is 0 Å². The fraction of sp³-hybridized carbons (Fsp3) is 0.750. The van der Waals surface area contributed by atoms with E-state index in [0.717, 1.165) is 11.5 Å². The van der Waals surface area contributed by atoms with E-state index in [9.17, 15) is 0 Å². The van der Waals surface area contributed by atoms with E-state index in [1.54, 1.807) is 23.5 Å². The Balaban J connectivity index is -0.000000845. The Hall–Kier alpha value is 2.48. The van der Waals surface area contributed by atoms with Crippen LogP contribution in [0, 0.1) is 0 Å². The van der Waals surface area contributed by atoms with Gasteiger partial charge in [0.25, 0.3) is 0 Å². The van der Waals surface area contributed by atoms with E-state index in [1.165, 1.54) is 25.7 Å². The van der Waals surface area contributed by atoms with Crippen LogP contribution in [0.4, 0.5) is 0 Å². The van der Waals surface area contributed by atoms with Crippen molar-refractivity contribution in [3.8, 4) is 0 Å². The summed E-state index contributed by atoms with van der Waals surface area (Å²) in [6, 6.07) is 0. The van der Waals surface area contributed by atoms with Crippen molar-refractivity contribution in [2.24, 2.45) is 11.5 Å². The number of thiocarbonyl (C=S) groups is 2. The van der Waals surface area contributed by atoms with E-state index < -0.39 is 0 Å². The second-order valence-corrected chi connectivity index (χ2v) is 6.42. The molecular formula is C8H16N2Na2S4. The van der Waals surface area contributed by atoms with Crippen LogP contribution in [0.15, 0.2) is 0 Å². The zero-order valence-electron chi connectivity index (χ0n) is 10.0. The molecule has 2 nitrogen and oxygen atoms in total. The largest absolute Gasteiger partial charge is 0.385 e. The van der Waals surface area contributed by atoms with Gasteiger partial charge >= 0.3 is 0 Å². The summed E-state index contributed by atoms with van der Waals surface area (Å²) in [4.78, 5) is 0. The molecule has 0 aliphatic rings. The number of thioether (sulfide) groups is 2. The molecule has 2 radical (unpaired) electrons. The van der Waals surface area contributed by atoms with Crippen LogP contribution in [0.25, 0.3) is 0 Å². The number of hydrogen-bond donors (Lipinski definition) is 2. The predicted molar refractivity (Wildman–Crippen MR) is 88.5 cm³/mol. The third-order valence-electron chi connectivity index (χ3n) is 1.53. The summed E-state index contributed by atoms with van der Waals surface area (Å²) in [5.74, 6) is 2.08. The summed E-state index contributed by atoms with van der Waals surface area (Å²) >= 11 is 12.6. The first kappa shape index (κ1) is 23.6. The fourth-order valence-electron chi connectivity index (χ4n) is 0.903. The number of unbranched alkanes of at least 4 members (excludes halogenated alkanes) is 3. The molecule has 84 valence electrons. The van der Waals surface area contributed by atoms with Gasteiger partial charge in [-0.3, -0.25) is 0 Å². The van der Waals surface area contributed by atoms with E-state index in [4.69, 9.17) is 35.9 Å². The van der Waals surface area contributed by atoms with E-state index in [-0.39, 0.29) is 59.1 Å². The Kier molecular flexibility index (Phi) is 25.7. The van der Waals surface area contributed by atoms with Gasteiger partial charge in [0.15, 0.2) is 0 Å². The van der Waals surface area contributed by atoms with Gasteiger partial charge in [0.05, 0.1) is 0 Å². The topological polar surface area (TPSA) is 52.0 Å². The molecule has 0 aromatic carbocycles. The van der Waals surface area contributed by atoms with Crippen LogP contribution >= 0.6 is 48.0 Å². The van der Waals surface area contributed by atoms with Crippen LogP contribution < -0.4 is 11.5 Å². The molecule has 16 heavy (non-hydrogen) atoms. The van der Waals surface area contributed by atoms with E-state index in [0.29, 0.717) is 8.64 Å². The monoisotopic (exact) mass is 314 g/mol.